The zero-order chi connectivity index (χ0) is 29.4. The van der Waals surface area contributed by atoms with Crippen LogP contribution in [0.15, 0.2) is 77.7 Å². The van der Waals surface area contributed by atoms with E-state index in [1.165, 1.54) is 17.0 Å². The average molecular weight is 584 g/mol. The number of hydrogen-bond acceptors (Lipinski definition) is 4. The van der Waals surface area contributed by atoms with E-state index in [9.17, 15) is 18.0 Å². The van der Waals surface area contributed by atoms with Gasteiger partial charge in [0, 0.05) is 17.6 Å². The Bertz CT molecular complexity index is 1430. The lowest BCUT2D eigenvalue weighted by Gasteiger charge is -2.34. The second-order valence-corrected chi connectivity index (χ2v) is 12.2. The van der Waals surface area contributed by atoms with Crippen molar-refractivity contribution >= 4 is 39.1 Å². The van der Waals surface area contributed by atoms with E-state index in [1.54, 1.807) is 43.3 Å². The van der Waals surface area contributed by atoms with Gasteiger partial charge in [-0.15, -0.1) is 0 Å². The maximum absolute atomic E-state index is 14.2. The van der Waals surface area contributed by atoms with Crippen LogP contribution in [-0.2, 0) is 26.2 Å². The molecule has 3 aromatic carbocycles. The van der Waals surface area contributed by atoms with Crippen molar-refractivity contribution in [3.05, 3.63) is 94.5 Å². The monoisotopic (exact) mass is 583 g/mol. The molecule has 0 heterocycles. The Morgan fingerprint density at radius 3 is 2.23 bits per heavy atom. The molecular formula is C31H38ClN3O4S. The number of halogens is 1. The van der Waals surface area contributed by atoms with Crippen LogP contribution >= 0.6 is 11.6 Å². The molecule has 2 amide bonds. The Morgan fingerprint density at radius 2 is 1.60 bits per heavy atom. The molecule has 7 nitrogen and oxygen atoms in total. The number of aryl methyl sites for hydroxylation is 1. The Morgan fingerprint density at radius 1 is 0.925 bits per heavy atom. The second-order valence-electron chi connectivity index (χ2n) is 9.96. The molecule has 0 aromatic heterocycles. The van der Waals surface area contributed by atoms with E-state index in [4.69, 9.17) is 11.6 Å². The van der Waals surface area contributed by atoms with Crippen LogP contribution < -0.4 is 9.62 Å². The van der Waals surface area contributed by atoms with Crippen LogP contribution in [0, 0.1) is 13.8 Å². The van der Waals surface area contributed by atoms with Gasteiger partial charge < -0.3 is 10.2 Å². The van der Waals surface area contributed by atoms with Crippen molar-refractivity contribution in [2.75, 3.05) is 10.8 Å². The van der Waals surface area contributed by atoms with E-state index in [0.29, 0.717) is 22.7 Å². The Kier molecular flexibility index (Phi) is 10.8. The molecule has 0 spiro atoms. The molecule has 0 radical (unpaired) electrons. The lowest BCUT2D eigenvalue weighted by Crippen LogP contribution is -2.53. The molecule has 0 aliphatic heterocycles. The van der Waals surface area contributed by atoms with Crippen molar-refractivity contribution in [1.29, 1.82) is 0 Å². The smallest absolute Gasteiger partial charge is 0.264 e. The molecule has 0 aliphatic carbocycles. The van der Waals surface area contributed by atoms with Crippen LogP contribution in [0.5, 0.6) is 0 Å². The highest BCUT2D eigenvalue weighted by atomic mass is 35.5. The van der Waals surface area contributed by atoms with E-state index in [2.05, 4.69) is 5.32 Å². The number of carbonyl (C=O) groups is 2. The highest BCUT2D eigenvalue weighted by Gasteiger charge is 2.34. The lowest BCUT2D eigenvalue weighted by molar-refractivity contribution is -0.140. The molecule has 214 valence electrons. The average Bonchev–Trinajstić information content (AvgIpc) is 2.93. The number of hydrogen-bond donors (Lipinski definition) is 1. The third-order valence-electron chi connectivity index (χ3n) is 6.94. The highest BCUT2D eigenvalue weighted by molar-refractivity contribution is 7.92. The lowest BCUT2D eigenvalue weighted by atomic mass is 10.1. The minimum absolute atomic E-state index is 0.0500. The maximum Gasteiger partial charge on any atom is 0.264 e. The van der Waals surface area contributed by atoms with Crippen molar-refractivity contribution in [3.8, 4) is 0 Å². The summed E-state index contributed by atoms with van der Waals surface area (Å²) in [5.74, 6) is -0.763. The van der Waals surface area contributed by atoms with Crippen molar-refractivity contribution in [2.24, 2.45) is 0 Å². The summed E-state index contributed by atoms with van der Waals surface area (Å²) in [7, 11) is -4.15. The molecule has 0 aliphatic rings. The zero-order valence-electron chi connectivity index (χ0n) is 23.7. The Hall–Kier alpha value is -3.36. The van der Waals surface area contributed by atoms with Gasteiger partial charge in [-0.25, -0.2) is 8.42 Å². The Labute approximate surface area is 243 Å². The maximum atomic E-state index is 14.2. The molecule has 3 rings (SSSR count). The van der Waals surface area contributed by atoms with Gasteiger partial charge >= 0.3 is 0 Å². The minimum atomic E-state index is -4.15. The number of sulfonamides is 1. The number of nitrogens with zero attached hydrogens (tertiary/aromatic N) is 2. The predicted molar refractivity (Wildman–Crippen MR) is 161 cm³/mol. The summed E-state index contributed by atoms with van der Waals surface area (Å²) in [5.41, 5.74) is 2.70. The standard InChI is InChI=1S/C31H38ClN3O4S/c1-6-23(4)33-31(37)28(7-2)34(20-25-14-11-13-22(3)19-25)30(36)21-35(29-18-12-17-27(32)24(29)5)40(38,39)26-15-9-8-10-16-26/h8-19,23,28H,6-7,20-21H2,1-5H3,(H,33,37)/t23-,28-/m1/s1. The van der Waals surface area contributed by atoms with E-state index in [-0.39, 0.29) is 23.4 Å². The largest absolute Gasteiger partial charge is 0.352 e. The molecular weight excluding hydrogens is 546 g/mol. The van der Waals surface area contributed by atoms with Gasteiger partial charge in [0.05, 0.1) is 10.6 Å². The molecule has 1 N–H and O–H groups in total. The van der Waals surface area contributed by atoms with Crippen LogP contribution in [0.1, 0.15) is 50.3 Å². The van der Waals surface area contributed by atoms with Crippen LogP contribution in [-0.4, -0.2) is 43.8 Å². The molecule has 40 heavy (non-hydrogen) atoms. The fraction of sp³-hybridized carbons (Fsp3) is 0.355. The van der Waals surface area contributed by atoms with Gasteiger partial charge in [-0.05, 0) is 69.0 Å². The topological polar surface area (TPSA) is 86.8 Å². The first kappa shape index (κ1) is 31.2. The summed E-state index contributed by atoms with van der Waals surface area (Å²) in [5, 5.41) is 3.37. The summed E-state index contributed by atoms with van der Waals surface area (Å²) in [6, 6.07) is 19.8. The molecule has 3 aromatic rings. The van der Waals surface area contributed by atoms with Gasteiger partial charge in [-0.1, -0.05) is 79.5 Å². The first-order valence-electron chi connectivity index (χ1n) is 13.5. The van der Waals surface area contributed by atoms with E-state index >= 15 is 0 Å². The first-order valence-corrected chi connectivity index (χ1v) is 15.3. The van der Waals surface area contributed by atoms with Gasteiger partial charge in [-0.3, -0.25) is 13.9 Å². The van der Waals surface area contributed by atoms with E-state index < -0.39 is 28.5 Å². The quantitative estimate of drug-likeness (QED) is 0.289. The molecule has 0 fully saturated rings. The van der Waals surface area contributed by atoms with Gasteiger partial charge in [0.1, 0.15) is 12.6 Å². The summed E-state index contributed by atoms with van der Waals surface area (Å²) >= 11 is 6.38. The highest BCUT2D eigenvalue weighted by Crippen LogP contribution is 2.31. The van der Waals surface area contributed by atoms with Gasteiger partial charge in [0.25, 0.3) is 10.0 Å². The molecule has 0 saturated heterocycles. The fourth-order valence-electron chi connectivity index (χ4n) is 4.47. The van der Waals surface area contributed by atoms with Crippen LogP contribution in [0.25, 0.3) is 0 Å². The van der Waals surface area contributed by atoms with Crippen LogP contribution in [0.2, 0.25) is 5.02 Å². The Balaban J connectivity index is 2.09. The SMILES string of the molecule is CC[C@@H](C)NC(=O)[C@@H](CC)N(Cc1cccc(C)c1)C(=O)CN(c1cccc(Cl)c1C)S(=O)(=O)c1ccccc1. The van der Waals surface area contributed by atoms with E-state index in [1.807, 2.05) is 52.0 Å². The second kappa shape index (κ2) is 13.8. The molecule has 0 saturated carbocycles. The fourth-order valence-corrected chi connectivity index (χ4v) is 6.13. The summed E-state index contributed by atoms with van der Waals surface area (Å²) in [6.45, 7) is 9.05. The van der Waals surface area contributed by atoms with Crippen LogP contribution in [0.3, 0.4) is 0 Å². The number of benzene rings is 3. The van der Waals surface area contributed by atoms with Crippen molar-refractivity contribution in [3.63, 3.8) is 0 Å². The van der Waals surface area contributed by atoms with E-state index in [0.717, 1.165) is 21.9 Å². The minimum Gasteiger partial charge on any atom is -0.352 e. The summed E-state index contributed by atoms with van der Waals surface area (Å²) in [4.78, 5) is 29.1. The van der Waals surface area contributed by atoms with Gasteiger partial charge in [0.15, 0.2) is 0 Å². The van der Waals surface area contributed by atoms with Crippen molar-refractivity contribution in [1.82, 2.24) is 10.2 Å². The van der Waals surface area contributed by atoms with Crippen molar-refractivity contribution in [2.45, 2.75) is 71.0 Å². The molecule has 2 atom stereocenters. The third-order valence-corrected chi connectivity index (χ3v) is 9.12. The summed E-state index contributed by atoms with van der Waals surface area (Å²) < 4.78 is 29.0. The third kappa shape index (κ3) is 7.43. The first-order chi connectivity index (χ1) is 19.0. The zero-order valence-corrected chi connectivity index (χ0v) is 25.3. The predicted octanol–water partition coefficient (Wildman–Crippen LogP) is 5.87. The number of carbonyl (C=O) groups excluding carboxylic acids is 2. The van der Waals surface area contributed by atoms with Gasteiger partial charge in [0.2, 0.25) is 11.8 Å². The number of rotatable bonds is 12. The number of nitrogens with one attached hydrogen (secondary N) is 1. The van der Waals surface area contributed by atoms with Crippen molar-refractivity contribution < 1.29 is 18.0 Å². The molecule has 9 heteroatoms. The summed E-state index contributed by atoms with van der Waals surface area (Å²) in [6.07, 6.45) is 1.10. The van der Waals surface area contributed by atoms with Gasteiger partial charge in [-0.2, -0.15) is 0 Å². The number of anilines is 1. The van der Waals surface area contributed by atoms with Crippen LogP contribution in [0.4, 0.5) is 5.69 Å². The normalized spacial score (nSPS) is 12.8. The molecule has 0 unspecified atom stereocenters. The number of amides is 2. The molecule has 0 bridgehead atoms.